The zero-order valence-electron chi connectivity index (χ0n) is 8.34. The van der Waals surface area contributed by atoms with Crippen molar-refractivity contribution in [3.05, 3.63) is 11.6 Å². The molecule has 0 aliphatic heterocycles. The lowest BCUT2D eigenvalue weighted by Gasteiger charge is -2.35. The van der Waals surface area contributed by atoms with Crippen LogP contribution in [0.15, 0.2) is 11.6 Å². The van der Waals surface area contributed by atoms with Gasteiger partial charge in [-0.3, -0.25) is 0 Å². The number of fused-ring (bicyclic) bond motifs is 1. The average Bonchev–Trinajstić information content (AvgIpc) is 2.19. The quantitative estimate of drug-likeness (QED) is 0.648. The first-order chi connectivity index (χ1) is 6.42. The molecule has 0 aromatic carbocycles. The van der Waals surface area contributed by atoms with Crippen LogP contribution in [0.2, 0.25) is 0 Å². The summed E-state index contributed by atoms with van der Waals surface area (Å²) >= 11 is 0. The van der Waals surface area contributed by atoms with Gasteiger partial charge in [0.15, 0.2) is 0 Å². The molecule has 1 fully saturated rings. The minimum Gasteiger partial charge on any atom is -0.396 e. The Kier molecular flexibility index (Phi) is 3.05. The van der Waals surface area contributed by atoms with Gasteiger partial charge in [0.25, 0.3) is 0 Å². The second-order valence-corrected chi connectivity index (χ2v) is 4.48. The Morgan fingerprint density at radius 1 is 1.31 bits per heavy atom. The van der Waals surface area contributed by atoms with Crippen molar-refractivity contribution in [2.45, 2.75) is 44.9 Å². The fourth-order valence-electron chi connectivity index (χ4n) is 3.05. The van der Waals surface area contributed by atoms with Crippen molar-refractivity contribution in [2.24, 2.45) is 11.8 Å². The first-order valence-electron chi connectivity index (χ1n) is 5.71. The molecule has 1 heteroatoms. The van der Waals surface area contributed by atoms with Crippen LogP contribution < -0.4 is 0 Å². The van der Waals surface area contributed by atoms with Crippen molar-refractivity contribution in [3.8, 4) is 0 Å². The Hall–Kier alpha value is -0.300. The number of rotatable bonds is 2. The molecule has 2 aliphatic rings. The van der Waals surface area contributed by atoms with Crippen LogP contribution in [0.25, 0.3) is 0 Å². The van der Waals surface area contributed by atoms with E-state index in [9.17, 15) is 0 Å². The molecular formula is C12H20O. The number of aliphatic hydroxyl groups is 1. The molecule has 0 radical (unpaired) electrons. The highest BCUT2D eigenvalue weighted by Crippen LogP contribution is 2.41. The van der Waals surface area contributed by atoms with Crippen molar-refractivity contribution in [3.63, 3.8) is 0 Å². The van der Waals surface area contributed by atoms with Crippen LogP contribution in [0.4, 0.5) is 0 Å². The van der Waals surface area contributed by atoms with Crippen LogP contribution in [0.5, 0.6) is 0 Å². The summed E-state index contributed by atoms with van der Waals surface area (Å²) in [5.41, 5.74) is 1.72. The van der Waals surface area contributed by atoms with Crippen molar-refractivity contribution in [1.29, 1.82) is 0 Å². The lowest BCUT2D eigenvalue weighted by Crippen LogP contribution is -2.24. The number of aliphatic hydroxyl groups excluding tert-OH is 1. The summed E-state index contributed by atoms with van der Waals surface area (Å²) in [5, 5.41) is 8.99. The average molecular weight is 180 g/mol. The molecule has 0 bridgehead atoms. The fraction of sp³-hybridized carbons (Fsp3) is 0.833. The molecule has 0 aromatic heterocycles. The fourth-order valence-corrected chi connectivity index (χ4v) is 3.05. The van der Waals surface area contributed by atoms with Gasteiger partial charge in [0.2, 0.25) is 0 Å². The van der Waals surface area contributed by atoms with E-state index in [1.165, 1.54) is 38.5 Å². The Labute approximate surface area is 80.8 Å². The van der Waals surface area contributed by atoms with Crippen LogP contribution in [0, 0.1) is 11.8 Å². The normalized spacial score (nSPS) is 33.8. The largest absolute Gasteiger partial charge is 0.396 e. The highest BCUT2D eigenvalue weighted by molar-refractivity contribution is 5.13. The van der Waals surface area contributed by atoms with E-state index in [-0.39, 0.29) is 0 Å². The Balaban J connectivity index is 2.03. The maximum atomic E-state index is 8.99. The van der Waals surface area contributed by atoms with Gasteiger partial charge in [-0.2, -0.15) is 0 Å². The molecule has 13 heavy (non-hydrogen) atoms. The summed E-state index contributed by atoms with van der Waals surface area (Å²) < 4.78 is 0. The second kappa shape index (κ2) is 4.28. The SMILES string of the molecule is OCCC1CCC=C2CCCCC21. The Bertz CT molecular complexity index is 195. The molecule has 1 nitrogen and oxygen atoms in total. The molecule has 74 valence electrons. The number of hydrogen-bond donors (Lipinski definition) is 1. The predicted molar refractivity (Wildman–Crippen MR) is 54.5 cm³/mol. The Morgan fingerprint density at radius 3 is 3.08 bits per heavy atom. The van der Waals surface area contributed by atoms with Crippen LogP contribution >= 0.6 is 0 Å². The molecule has 0 spiro atoms. The third-order valence-electron chi connectivity index (χ3n) is 3.72. The van der Waals surface area contributed by atoms with Gasteiger partial charge in [-0.05, 0) is 50.4 Å². The minimum absolute atomic E-state index is 0.383. The van der Waals surface area contributed by atoms with Crippen molar-refractivity contribution >= 4 is 0 Å². The third kappa shape index (κ3) is 1.96. The number of allylic oxidation sites excluding steroid dienone is 2. The summed E-state index contributed by atoms with van der Waals surface area (Å²) in [6.45, 7) is 0.383. The first-order valence-corrected chi connectivity index (χ1v) is 5.71. The molecular weight excluding hydrogens is 160 g/mol. The summed E-state index contributed by atoms with van der Waals surface area (Å²) in [7, 11) is 0. The topological polar surface area (TPSA) is 20.2 Å². The molecule has 1 N–H and O–H groups in total. The van der Waals surface area contributed by atoms with Gasteiger partial charge in [-0.1, -0.05) is 18.1 Å². The van der Waals surface area contributed by atoms with Crippen molar-refractivity contribution < 1.29 is 5.11 Å². The molecule has 0 saturated heterocycles. The zero-order chi connectivity index (χ0) is 9.10. The highest BCUT2D eigenvalue weighted by atomic mass is 16.3. The van der Waals surface area contributed by atoms with Crippen molar-refractivity contribution in [1.82, 2.24) is 0 Å². The van der Waals surface area contributed by atoms with Gasteiger partial charge in [0.1, 0.15) is 0 Å². The minimum atomic E-state index is 0.383. The zero-order valence-corrected chi connectivity index (χ0v) is 8.34. The molecule has 2 rings (SSSR count). The van der Waals surface area contributed by atoms with Crippen LogP contribution in [0.1, 0.15) is 44.9 Å². The van der Waals surface area contributed by atoms with Crippen LogP contribution in [-0.2, 0) is 0 Å². The van der Waals surface area contributed by atoms with Gasteiger partial charge >= 0.3 is 0 Å². The first kappa shape index (κ1) is 9.26. The van der Waals surface area contributed by atoms with Gasteiger partial charge in [0, 0.05) is 6.61 Å². The molecule has 2 atom stereocenters. The van der Waals surface area contributed by atoms with Crippen molar-refractivity contribution in [2.75, 3.05) is 6.61 Å². The van der Waals surface area contributed by atoms with E-state index in [2.05, 4.69) is 6.08 Å². The van der Waals surface area contributed by atoms with E-state index in [1.807, 2.05) is 0 Å². The van der Waals surface area contributed by atoms with Gasteiger partial charge < -0.3 is 5.11 Å². The summed E-state index contributed by atoms with van der Waals surface area (Å²) in [6.07, 6.45) is 11.6. The molecule has 0 heterocycles. The summed E-state index contributed by atoms with van der Waals surface area (Å²) in [5.74, 6) is 1.64. The lowest BCUT2D eigenvalue weighted by molar-refractivity contribution is 0.202. The van der Waals surface area contributed by atoms with Gasteiger partial charge in [-0.15, -0.1) is 0 Å². The van der Waals surface area contributed by atoms with Crippen LogP contribution in [0.3, 0.4) is 0 Å². The monoisotopic (exact) mass is 180 g/mol. The molecule has 2 unspecified atom stereocenters. The summed E-state index contributed by atoms with van der Waals surface area (Å²) in [4.78, 5) is 0. The molecule has 1 saturated carbocycles. The van der Waals surface area contributed by atoms with E-state index in [0.717, 1.165) is 18.3 Å². The van der Waals surface area contributed by atoms with Gasteiger partial charge in [-0.25, -0.2) is 0 Å². The molecule has 0 amide bonds. The molecule has 2 aliphatic carbocycles. The van der Waals surface area contributed by atoms with E-state index in [1.54, 1.807) is 5.57 Å². The highest BCUT2D eigenvalue weighted by Gasteiger charge is 2.28. The van der Waals surface area contributed by atoms with E-state index < -0.39 is 0 Å². The number of hydrogen-bond acceptors (Lipinski definition) is 1. The van der Waals surface area contributed by atoms with Crippen LogP contribution in [-0.4, -0.2) is 11.7 Å². The Morgan fingerprint density at radius 2 is 2.23 bits per heavy atom. The van der Waals surface area contributed by atoms with E-state index in [0.29, 0.717) is 6.61 Å². The van der Waals surface area contributed by atoms with E-state index >= 15 is 0 Å². The summed E-state index contributed by atoms with van der Waals surface area (Å²) in [6, 6.07) is 0. The van der Waals surface area contributed by atoms with E-state index in [4.69, 9.17) is 5.11 Å². The predicted octanol–water partition coefficient (Wildman–Crippen LogP) is 2.90. The lowest BCUT2D eigenvalue weighted by atomic mass is 9.70. The third-order valence-corrected chi connectivity index (χ3v) is 3.72. The standard InChI is InChI=1S/C12H20O/c13-9-8-11-6-3-5-10-4-1-2-7-12(10)11/h5,11-13H,1-4,6-9H2. The maximum Gasteiger partial charge on any atom is 0.0433 e. The molecule has 0 aromatic rings. The second-order valence-electron chi connectivity index (χ2n) is 4.48. The maximum absolute atomic E-state index is 8.99. The van der Waals surface area contributed by atoms with Gasteiger partial charge in [0.05, 0.1) is 0 Å². The smallest absolute Gasteiger partial charge is 0.0433 e.